The van der Waals surface area contributed by atoms with Crippen LogP contribution in [0.1, 0.15) is 33.1 Å². The molecule has 0 radical (unpaired) electrons. The van der Waals surface area contributed by atoms with E-state index in [0.29, 0.717) is 18.5 Å². The van der Waals surface area contributed by atoms with Crippen molar-refractivity contribution in [2.75, 3.05) is 13.1 Å². The highest BCUT2D eigenvalue weighted by molar-refractivity contribution is 5.77. The van der Waals surface area contributed by atoms with Crippen molar-refractivity contribution in [3.8, 4) is 0 Å². The fraction of sp³-hybridized carbons (Fsp3) is 0.909. The van der Waals surface area contributed by atoms with Crippen molar-refractivity contribution in [1.82, 2.24) is 10.6 Å². The second-order valence-corrected chi connectivity index (χ2v) is 4.74. The molecule has 0 aromatic carbocycles. The molecule has 0 heterocycles. The molecular weight excluding hydrogens is 192 g/mol. The molecule has 88 valence electrons. The molecule has 3 N–H and O–H groups in total. The quantitative estimate of drug-likeness (QED) is 0.594. The molecule has 1 rings (SSSR count). The average Bonchev–Trinajstić information content (AvgIpc) is 2.10. The van der Waals surface area contributed by atoms with Crippen LogP contribution >= 0.6 is 0 Å². The Morgan fingerprint density at radius 1 is 1.47 bits per heavy atom. The van der Waals surface area contributed by atoms with Crippen LogP contribution in [-0.2, 0) is 4.79 Å². The number of amides is 1. The largest absolute Gasteiger partial charge is 0.393 e. The second kappa shape index (κ2) is 6.08. The molecule has 0 aliphatic heterocycles. The molecule has 4 nitrogen and oxygen atoms in total. The van der Waals surface area contributed by atoms with Crippen LogP contribution in [-0.4, -0.2) is 36.2 Å². The molecule has 0 saturated heterocycles. The minimum atomic E-state index is -0.161. The lowest BCUT2D eigenvalue weighted by atomic mass is 9.89. The predicted molar refractivity (Wildman–Crippen MR) is 59.5 cm³/mol. The summed E-state index contributed by atoms with van der Waals surface area (Å²) in [6.07, 6.45) is 2.42. The number of hydrogen-bond acceptors (Lipinski definition) is 3. The van der Waals surface area contributed by atoms with E-state index in [9.17, 15) is 4.79 Å². The van der Waals surface area contributed by atoms with Crippen molar-refractivity contribution in [1.29, 1.82) is 0 Å². The number of rotatable bonds is 6. The van der Waals surface area contributed by atoms with Gasteiger partial charge in [-0.3, -0.25) is 4.79 Å². The third-order valence-corrected chi connectivity index (χ3v) is 2.71. The first kappa shape index (κ1) is 12.5. The van der Waals surface area contributed by atoms with Gasteiger partial charge in [0.1, 0.15) is 0 Å². The maximum atomic E-state index is 11.3. The lowest BCUT2D eigenvalue weighted by Gasteiger charge is -2.31. The summed E-state index contributed by atoms with van der Waals surface area (Å²) in [5.41, 5.74) is 0. The van der Waals surface area contributed by atoms with Crippen LogP contribution < -0.4 is 10.6 Å². The summed E-state index contributed by atoms with van der Waals surface area (Å²) in [4.78, 5) is 11.3. The lowest BCUT2D eigenvalue weighted by molar-refractivity contribution is -0.120. The summed E-state index contributed by atoms with van der Waals surface area (Å²) in [6, 6.07) is 0.329. The summed E-state index contributed by atoms with van der Waals surface area (Å²) in [5.74, 6) is 0.678. The van der Waals surface area contributed by atoms with Crippen LogP contribution in [0.15, 0.2) is 0 Å². The molecule has 1 aliphatic carbocycles. The van der Waals surface area contributed by atoms with E-state index in [1.54, 1.807) is 0 Å². The van der Waals surface area contributed by atoms with Crippen LogP contribution in [0.25, 0.3) is 0 Å². The van der Waals surface area contributed by atoms with E-state index in [2.05, 4.69) is 24.5 Å². The van der Waals surface area contributed by atoms with E-state index < -0.39 is 0 Å². The molecule has 0 atom stereocenters. The van der Waals surface area contributed by atoms with Crippen molar-refractivity contribution in [3.05, 3.63) is 0 Å². The van der Waals surface area contributed by atoms with Crippen molar-refractivity contribution in [2.24, 2.45) is 5.92 Å². The number of aliphatic hydroxyl groups is 1. The van der Waals surface area contributed by atoms with Gasteiger partial charge >= 0.3 is 0 Å². The molecule has 0 unspecified atom stereocenters. The average molecular weight is 214 g/mol. The van der Waals surface area contributed by atoms with Crippen LogP contribution in [0.4, 0.5) is 0 Å². The molecule has 1 amide bonds. The van der Waals surface area contributed by atoms with Gasteiger partial charge in [0, 0.05) is 12.6 Å². The first-order valence-corrected chi connectivity index (χ1v) is 5.76. The van der Waals surface area contributed by atoms with Crippen LogP contribution in [0, 0.1) is 5.92 Å². The molecular formula is C11H22N2O2. The third-order valence-electron chi connectivity index (χ3n) is 2.71. The Kier molecular flexibility index (Phi) is 5.05. The Balaban J connectivity index is 1.94. The zero-order valence-electron chi connectivity index (χ0n) is 9.62. The lowest BCUT2D eigenvalue weighted by Crippen LogP contribution is -2.47. The fourth-order valence-electron chi connectivity index (χ4n) is 1.55. The Morgan fingerprint density at radius 2 is 2.13 bits per heavy atom. The van der Waals surface area contributed by atoms with Gasteiger partial charge in [0.25, 0.3) is 0 Å². The maximum Gasteiger partial charge on any atom is 0.233 e. The minimum Gasteiger partial charge on any atom is -0.393 e. The van der Waals surface area contributed by atoms with Crippen molar-refractivity contribution >= 4 is 5.91 Å². The van der Waals surface area contributed by atoms with Crippen molar-refractivity contribution < 1.29 is 9.90 Å². The summed E-state index contributed by atoms with van der Waals surface area (Å²) in [5, 5.41) is 15.0. The molecule has 0 bridgehead atoms. The van der Waals surface area contributed by atoms with Crippen molar-refractivity contribution in [3.63, 3.8) is 0 Å². The monoisotopic (exact) mass is 214 g/mol. The van der Waals surface area contributed by atoms with Gasteiger partial charge < -0.3 is 15.7 Å². The third kappa shape index (κ3) is 5.14. The van der Waals surface area contributed by atoms with Gasteiger partial charge in [-0.05, 0) is 25.2 Å². The Hall–Kier alpha value is -0.610. The van der Waals surface area contributed by atoms with Gasteiger partial charge in [0.15, 0.2) is 0 Å². The number of carbonyl (C=O) groups excluding carboxylic acids is 1. The van der Waals surface area contributed by atoms with E-state index in [-0.39, 0.29) is 12.0 Å². The van der Waals surface area contributed by atoms with E-state index in [1.807, 2.05) is 0 Å². The Labute approximate surface area is 91.4 Å². The fourth-order valence-corrected chi connectivity index (χ4v) is 1.55. The highest BCUT2D eigenvalue weighted by atomic mass is 16.3. The molecule has 1 aliphatic rings. The van der Waals surface area contributed by atoms with Gasteiger partial charge in [0.2, 0.25) is 5.91 Å². The predicted octanol–water partition coefficient (Wildman–Crippen LogP) is 0.262. The number of aliphatic hydroxyl groups excluding tert-OH is 1. The van der Waals surface area contributed by atoms with Gasteiger partial charge in [0.05, 0.1) is 12.6 Å². The zero-order valence-corrected chi connectivity index (χ0v) is 9.62. The van der Waals surface area contributed by atoms with Crippen LogP contribution in [0.5, 0.6) is 0 Å². The molecule has 0 aromatic rings. The minimum absolute atomic E-state index is 0.0528. The molecule has 1 saturated carbocycles. The molecule has 15 heavy (non-hydrogen) atoms. The van der Waals surface area contributed by atoms with E-state index in [4.69, 9.17) is 5.11 Å². The summed E-state index contributed by atoms with van der Waals surface area (Å²) < 4.78 is 0. The van der Waals surface area contributed by atoms with Crippen LogP contribution in [0.2, 0.25) is 0 Å². The number of hydrogen-bond donors (Lipinski definition) is 3. The molecule has 1 fully saturated rings. The van der Waals surface area contributed by atoms with Gasteiger partial charge in [-0.2, -0.15) is 0 Å². The van der Waals surface area contributed by atoms with E-state index in [0.717, 1.165) is 25.8 Å². The van der Waals surface area contributed by atoms with Crippen molar-refractivity contribution in [2.45, 2.75) is 45.3 Å². The maximum absolute atomic E-state index is 11.3. The smallest absolute Gasteiger partial charge is 0.233 e. The van der Waals surface area contributed by atoms with Gasteiger partial charge in [-0.1, -0.05) is 13.8 Å². The number of nitrogens with one attached hydrogen (secondary N) is 2. The molecule has 0 aromatic heterocycles. The van der Waals surface area contributed by atoms with Gasteiger partial charge in [-0.15, -0.1) is 0 Å². The summed E-state index contributed by atoms with van der Waals surface area (Å²) >= 11 is 0. The zero-order chi connectivity index (χ0) is 11.3. The standard InChI is InChI=1S/C11H22N2O2/c1-8(2)3-4-12-11(15)7-13-9-5-10(14)6-9/h8-10,13-14H,3-7H2,1-2H3,(H,12,15). The van der Waals surface area contributed by atoms with E-state index in [1.165, 1.54) is 0 Å². The summed E-state index contributed by atoms with van der Waals surface area (Å²) in [7, 11) is 0. The van der Waals surface area contributed by atoms with Crippen LogP contribution in [0.3, 0.4) is 0 Å². The molecule has 0 spiro atoms. The Bertz CT molecular complexity index is 201. The SMILES string of the molecule is CC(C)CCNC(=O)CNC1CC(O)C1. The number of carbonyl (C=O) groups is 1. The molecule has 4 heteroatoms. The summed E-state index contributed by atoms with van der Waals surface area (Å²) in [6.45, 7) is 5.40. The highest BCUT2D eigenvalue weighted by Crippen LogP contribution is 2.18. The first-order chi connectivity index (χ1) is 7.08. The Morgan fingerprint density at radius 3 is 2.67 bits per heavy atom. The second-order valence-electron chi connectivity index (χ2n) is 4.74. The van der Waals surface area contributed by atoms with Gasteiger partial charge in [-0.25, -0.2) is 0 Å². The van der Waals surface area contributed by atoms with E-state index >= 15 is 0 Å². The highest BCUT2D eigenvalue weighted by Gasteiger charge is 2.26. The topological polar surface area (TPSA) is 61.4 Å². The normalized spacial score (nSPS) is 25.1. The first-order valence-electron chi connectivity index (χ1n) is 5.76.